The van der Waals surface area contributed by atoms with Crippen LogP contribution in [-0.4, -0.2) is 17.5 Å². The van der Waals surface area contributed by atoms with Gasteiger partial charge in [-0.05, 0) is 17.8 Å². The molecule has 21 heavy (non-hydrogen) atoms. The van der Waals surface area contributed by atoms with Gasteiger partial charge in [0.25, 0.3) is 0 Å². The molecule has 0 amide bonds. The molecule has 0 bridgehead atoms. The number of thioether (sulfide) groups is 1. The van der Waals surface area contributed by atoms with Gasteiger partial charge in [-0.25, -0.2) is 18.3 Å². The molecule has 0 spiro atoms. The van der Waals surface area contributed by atoms with E-state index in [-0.39, 0.29) is 24.2 Å². The fourth-order valence-corrected chi connectivity index (χ4v) is 3.08. The van der Waals surface area contributed by atoms with Crippen LogP contribution in [0.2, 0.25) is 0 Å². The molecule has 1 aliphatic heterocycles. The maximum absolute atomic E-state index is 13.6. The van der Waals surface area contributed by atoms with Crippen LogP contribution in [0.25, 0.3) is 0 Å². The van der Waals surface area contributed by atoms with E-state index >= 15 is 0 Å². The third-order valence-corrected chi connectivity index (χ3v) is 4.02. The molecule has 3 N–H and O–H groups in total. The highest BCUT2D eigenvalue weighted by atomic mass is 35.5. The smallest absolute Gasteiger partial charge is 0.317 e. The van der Waals surface area contributed by atoms with Gasteiger partial charge in [0.05, 0.1) is 5.88 Å². The molecular formula is C13H15ClF2N3OS+. The summed E-state index contributed by atoms with van der Waals surface area (Å²) in [6, 6.07) is 2.16. The molecule has 1 aromatic carbocycles. The van der Waals surface area contributed by atoms with Gasteiger partial charge in [-0.1, -0.05) is 0 Å². The highest BCUT2D eigenvalue weighted by Gasteiger charge is 2.29. The maximum atomic E-state index is 13.6. The second kappa shape index (κ2) is 6.64. The van der Waals surface area contributed by atoms with Crippen molar-refractivity contribution in [1.82, 2.24) is 4.98 Å². The second-order valence-corrected chi connectivity index (χ2v) is 5.54. The Morgan fingerprint density at radius 1 is 1.43 bits per heavy atom. The number of hydrogen-bond acceptors (Lipinski definition) is 3. The van der Waals surface area contributed by atoms with Crippen LogP contribution in [0.3, 0.4) is 0 Å². The summed E-state index contributed by atoms with van der Waals surface area (Å²) in [5, 5.41) is 0.904. The number of nitrogens with one attached hydrogen (secondary N) is 1. The summed E-state index contributed by atoms with van der Waals surface area (Å²) in [5.74, 6) is -0.615. The van der Waals surface area contributed by atoms with Crippen molar-refractivity contribution in [3.05, 3.63) is 41.7 Å². The average molecular weight is 335 g/mol. The first-order valence-corrected chi connectivity index (χ1v) is 7.19. The molecule has 0 saturated heterocycles. The van der Waals surface area contributed by atoms with Crippen LogP contribution in [0.15, 0.2) is 29.7 Å². The van der Waals surface area contributed by atoms with Crippen molar-refractivity contribution in [2.75, 3.05) is 12.5 Å². The van der Waals surface area contributed by atoms with E-state index in [9.17, 15) is 8.78 Å². The molecule has 0 unspecified atom stereocenters. The SMILES string of the molecule is Cl.NCSc1[nH]cc[n+]1[C@H]1COc2c(F)cc(F)cc2C1. The van der Waals surface area contributed by atoms with Gasteiger partial charge in [0.1, 0.15) is 30.9 Å². The molecule has 2 aromatic rings. The molecule has 1 atom stereocenters. The quantitative estimate of drug-likeness (QED) is 0.514. The Bertz CT molecular complexity index is 638. The largest absolute Gasteiger partial charge is 0.486 e. The number of nitrogens with zero attached hydrogens (tertiary/aromatic N) is 1. The van der Waals surface area contributed by atoms with Crippen LogP contribution >= 0.6 is 24.2 Å². The Hall–Kier alpha value is -1.31. The lowest BCUT2D eigenvalue weighted by atomic mass is 10.0. The lowest BCUT2D eigenvalue weighted by Gasteiger charge is -2.24. The maximum Gasteiger partial charge on any atom is 0.317 e. The lowest BCUT2D eigenvalue weighted by molar-refractivity contribution is -0.757. The number of fused-ring (bicyclic) bond motifs is 1. The van der Waals surface area contributed by atoms with Crippen molar-refractivity contribution in [1.29, 1.82) is 0 Å². The minimum absolute atomic E-state index is 0. The zero-order valence-electron chi connectivity index (χ0n) is 11.0. The van der Waals surface area contributed by atoms with E-state index in [0.29, 0.717) is 24.5 Å². The number of aromatic nitrogens is 2. The summed E-state index contributed by atoms with van der Waals surface area (Å²) in [5.41, 5.74) is 6.09. The minimum Gasteiger partial charge on any atom is -0.486 e. The number of aromatic amines is 1. The van der Waals surface area contributed by atoms with Gasteiger partial charge in [0.2, 0.25) is 0 Å². The van der Waals surface area contributed by atoms with Crippen molar-refractivity contribution in [2.45, 2.75) is 17.6 Å². The van der Waals surface area contributed by atoms with Crippen molar-refractivity contribution in [2.24, 2.45) is 5.73 Å². The van der Waals surface area contributed by atoms with E-state index in [2.05, 4.69) is 4.98 Å². The first-order valence-electron chi connectivity index (χ1n) is 6.21. The Labute approximate surface area is 131 Å². The van der Waals surface area contributed by atoms with Gasteiger partial charge < -0.3 is 10.5 Å². The summed E-state index contributed by atoms with van der Waals surface area (Å²) in [6.45, 7) is 0.343. The molecule has 8 heteroatoms. The van der Waals surface area contributed by atoms with Crippen LogP contribution in [0.4, 0.5) is 8.78 Å². The van der Waals surface area contributed by atoms with Crippen molar-refractivity contribution >= 4 is 24.2 Å². The van der Waals surface area contributed by atoms with Crippen LogP contribution in [0.1, 0.15) is 11.6 Å². The summed E-state index contributed by atoms with van der Waals surface area (Å²) < 4.78 is 34.4. The predicted molar refractivity (Wildman–Crippen MR) is 77.7 cm³/mol. The number of benzene rings is 1. The molecule has 0 radical (unpaired) electrons. The molecular weight excluding hydrogens is 320 g/mol. The van der Waals surface area contributed by atoms with E-state index in [1.165, 1.54) is 17.8 Å². The number of rotatable bonds is 3. The topological polar surface area (TPSA) is 54.9 Å². The van der Waals surface area contributed by atoms with E-state index in [4.69, 9.17) is 10.5 Å². The molecule has 2 heterocycles. The Morgan fingerprint density at radius 3 is 3.00 bits per heavy atom. The summed E-state index contributed by atoms with van der Waals surface area (Å²) >= 11 is 1.47. The Morgan fingerprint density at radius 2 is 2.24 bits per heavy atom. The van der Waals surface area contributed by atoms with Crippen LogP contribution < -0.4 is 15.0 Å². The minimum atomic E-state index is -0.644. The third kappa shape index (κ3) is 3.14. The van der Waals surface area contributed by atoms with Crippen molar-refractivity contribution in [3.8, 4) is 5.75 Å². The zero-order chi connectivity index (χ0) is 14.1. The van der Waals surface area contributed by atoms with E-state index < -0.39 is 11.6 Å². The van der Waals surface area contributed by atoms with Gasteiger partial charge in [-0.2, -0.15) is 0 Å². The molecule has 1 aromatic heterocycles. The molecule has 4 nitrogen and oxygen atoms in total. The number of nitrogens with two attached hydrogens (primary N) is 1. The Kier molecular flexibility index (Phi) is 5.08. The number of halogens is 3. The molecule has 3 rings (SSSR count). The van der Waals surface area contributed by atoms with E-state index in [0.717, 1.165) is 11.2 Å². The van der Waals surface area contributed by atoms with Crippen LogP contribution in [0.5, 0.6) is 5.75 Å². The summed E-state index contributed by atoms with van der Waals surface area (Å²) in [6.07, 6.45) is 4.21. The van der Waals surface area contributed by atoms with Gasteiger partial charge in [-0.3, -0.25) is 0 Å². The standard InChI is InChI=1S/C13H13F2N3OS.ClH/c14-9-3-8-4-10(6-19-12(8)11(15)5-9)18-2-1-17-13(18)20-7-16;/h1-3,5,10H,4,6-7,16H2;1H/p+1/t10-;/m1./s1. The molecule has 1 aliphatic rings. The predicted octanol–water partition coefficient (Wildman–Crippen LogP) is 2.19. The number of hydrogen-bond donors (Lipinski definition) is 2. The normalized spacial score (nSPS) is 16.8. The van der Waals surface area contributed by atoms with Gasteiger partial charge >= 0.3 is 5.16 Å². The third-order valence-electron chi connectivity index (χ3n) is 3.25. The summed E-state index contributed by atoms with van der Waals surface area (Å²) in [7, 11) is 0. The van der Waals surface area contributed by atoms with Crippen molar-refractivity contribution in [3.63, 3.8) is 0 Å². The van der Waals surface area contributed by atoms with Gasteiger partial charge in [0.15, 0.2) is 11.6 Å². The average Bonchev–Trinajstić information content (AvgIpc) is 2.86. The highest BCUT2D eigenvalue weighted by Crippen LogP contribution is 2.31. The fraction of sp³-hybridized carbons (Fsp3) is 0.308. The molecule has 0 aliphatic carbocycles. The second-order valence-electron chi connectivity index (χ2n) is 4.53. The van der Waals surface area contributed by atoms with E-state index in [1.807, 2.05) is 10.8 Å². The number of imidazole rings is 1. The number of H-pyrrole nitrogens is 1. The first-order chi connectivity index (χ1) is 9.69. The van der Waals surface area contributed by atoms with Crippen LogP contribution in [0, 0.1) is 11.6 Å². The highest BCUT2D eigenvalue weighted by molar-refractivity contribution is 7.98. The fourth-order valence-electron chi connectivity index (χ4n) is 2.41. The van der Waals surface area contributed by atoms with Gasteiger partial charge in [-0.15, -0.1) is 12.4 Å². The monoisotopic (exact) mass is 334 g/mol. The number of ether oxygens (including phenoxy) is 1. The summed E-state index contributed by atoms with van der Waals surface area (Å²) in [4.78, 5) is 3.09. The first kappa shape index (κ1) is 16.1. The molecule has 0 fully saturated rings. The lowest BCUT2D eigenvalue weighted by Crippen LogP contribution is -2.46. The van der Waals surface area contributed by atoms with Crippen LogP contribution in [-0.2, 0) is 6.42 Å². The molecule has 114 valence electrons. The van der Waals surface area contributed by atoms with Crippen molar-refractivity contribution < 1.29 is 18.1 Å². The molecule has 0 saturated carbocycles. The zero-order valence-corrected chi connectivity index (χ0v) is 12.6. The Balaban J connectivity index is 0.00000161. The van der Waals surface area contributed by atoms with E-state index in [1.54, 1.807) is 6.20 Å². The van der Waals surface area contributed by atoms with Gasteiger partial charge in [0, 0.05) is 18.1 Å².